The van der Waals surface area contributed by atoms with Crippen molar-refractivity contribution in [2.75, 3.05) is 19.8 Å². The lowest BCUT2D eigenvalue weighted by atomic mass is 9.94. The van der Waals surface area contributed by atoms with Gasteiger partial charge in [0.25, 0.3) is 0 Å². The average molecular weight is 681 g/mol. The summed E-state index contributed by atoms with van der Waals surface area (Å²) in [6.07, 6.45) is 3.13. The number of aromatic nitrogens is 2. The number of fused-ring (bicyclic) bond motifs is 2. The molecule has 3 unspecified atom stereocenters. The van der Waals surface area contributed by atoms with Gasteiger partial charge in [-0.3, -0.25) is 0 Å². The van der Waals surface area contributed by atoms with Gasteiger partial charge in [0.15, 0.2) is 11.4 Å². The first-order valence-corrected chi connectivity index (χ1v) is 16.6. The van der Waals surface area contributed by atoms with E-state index in [2.05, 4.69) is 28.4 Å². The minimum absolute atomic E-state index is 0.00885. The number of hydrogen-bond acceptors (Lipinski definition) is 8. The number of pyridine rings is 2. The number of halogens is 2. The van der Waals surface area contributed by atoms with E-state index < -0.39 is 11.9 Å². The number of carbonyl (C=O) groups excluding carboxylic acids is 2. The highest BCUT2D eigenvalue weighted by atomic mass is 31.0. The Hall–Kier alpha value is -4.00. The lowest BCUT2D eigenvalue weighted by Crippen LogP contribution is -2.22. The Morgan fingerprint density at radius 1 is 0.787 bits per heavy atom. The molecular weight excluding hydrogens is 644 g/mol. The van der Waals surface area contributed by atoms with Crippen LogP contribution in [0.1, 0.15) is 65.7 Å². The van der Waals surface area contributed by atoms with Crippen LogP contribution >= 0.6 is 18.5 Å². The lowest BCUT2D eigenvalue weighted by molar-refractivity contribution is 0.0508. The van der Waals surface area contributed by atoms with Gasteiger partial charge in [-0.1, -0.05) is 24.3 Å². The number of ether oxygens (including phenoxy) is 4. The molecule has 47 heavy (non-hydrogen) atoms. The molecule has 0 bridgehead atoms. The maximum Gasteiger partial charge on any atom is 0.357 e. The Balaban J connectivity index is 0.000000185. The zero-order chi connectivity index (χ0) is 33.7. The highest BCUT2D eigenvalue weighted by molar-refractivity contribution is 7.27. The SMILES string of the molecule is CCOC(=O)c1cc(-c2ccc(P)cc2F)c2c(n1)OC(C)CC2.CCOC(=O)c1cc(-c2ccc(P)cc2F)c2c(n1)OCCC2. The van der Waals surface area contributed by atoms with E-state index in [0.717, 1.165) is 47.4 Å². The fourth-order valence-corrected chi connectivity index (χ4v) is 5.90. The predicted molar refractivity (Wildman–Crippen MR) is 182 cm³/mol. The summed E-state index contributed by atoms with van der Waals surface area (Å²) in [6.45, 7) is 6.45. The molecule has 0 saturated heterocycles. The molecule has 6 rings (SSSR count). The van der Waals surface area contributed by atoms with E-state index in [1.54, 1.807) is 38.1 Å². The predicted octanol–water partition coefficient (Wildman–Crippen LogP) is 6.17. The fourth-order valence-electron chi connectivity index (χ4n) is 5.41. The van der Waals surface area contributed by atoms with Crippen LogP contribution in [0.3, 0.4) is 0 Å². The zero-order valence-corrected chi connectivity index (χ0v) is 28.7. The van der Waals surface area contributed by atoms with E-state index in [0.29, 0.717) is 40.6 Å². The number of carbonyl (C=O) groups is 2. The second kappa shape index (κ2) is 15.3. The lowest BCUT2D eigenvalue weighted by Gasteiger charge is -2.25. The first-order chi connectivity index (χ1) is 22.6. The topological polar surface area (TPSA) is 96.8 Å². The van der Waals surface area contributed by atoms with Crippen LogP contribution in [0.2, 0.25) is 0 Å². The van der Waals surface area contributed by atoms with E-state index >= 15 is 0 Å². The number of rotatable bonds is 6. The normalized spacial score (nSPS) is 14.7. The fraction of sp³-hybridized carbons (Fsp3) is 0.314. The van der Waals surface area contributed by atoms with Gasteiger partial charge in [-0.05, 0) is 92.5 Å². The Morgan fingerprint density at radius 3 is 1.81 bits per heavy atom. The van der Waals surface area contributed by atoms with Gasteiger partial charge in [-0.2, -0.15) is 0 Å². The molecule has 4 heterocycles. The minimum atomic E-state index is -0.536. The summed E-state index contributed by atoms with van der Waals surface area (Å²) in [4.78, 5) is 32.6. The molecule has 0 spiro atoms. The van der Waals surface area contributed by atoms with E-state index in [1.165, 1.54) is 12.1 Å². The van der Waals surface area contributed by atoms with Crippen LogP contribution in [0.4, 0.5) is 8.78 Å². The third-order valence-corrected chi connectivity index (χ3v) is 8.35. The van der Waals surface area contributed by atoms with Gasteiger partial charge in [0.2, 0.25) is 11.8 Å². The number of hydrogen-bond donors (Lipinski definition) is 0. The van der Waals surface area contributed by atoms with Gasteiger partial charge in [0, 0.05) is 22.3 Å². The number of nitrogens with zero attached hydrogens (tertiary/aromatic N) is 2. The van der Waals surface area contributed by atoms with Crippen molar-refractivity contribution in [3.8, 4) is 34.0 Å². The van der Waals surface area contributed by atoms with Crippen LogP contribution in [-0.2, 0) is 22.3 Å². The third kappa shape index (κ3) is 7.94. The van der Waals surface area contributed by atoms with Crippen molar-refractivity contribution in [2.24, 2.45) is 0 Å². The van der Waals surface area contributed by atoms with Crippen LogP contribution in [0.25, 0.3) is 22.3 Å². The molecule has 0 amide bonds. The van der Waals surface area contributed by atoms with Crippen LogP contribution in [0, 0.1) is 11.6 Å². The molecular formula is C35H36F2N2O6P2. The third-order valence-electron chi connectivity index (χ3n) is 7.63. The molecule has 0 N–H and O–H groups in total. The number of benzene rings is 2. The molecule has 0 saturated carbocycles. The maximum absolute atomic E-state index is 14.5. The Bertz CT molecular complexity index is 1820. The maximum atomic E-state index is 14.5. The van der Waals surface area contributed by atoms with Crippen LogP contribution in [0.15, 0.2) is 48.5 Å². The summed E-state index contributed by atoms with van der Waals surface area (Å²) < 4.78 is 50.3. The molecule has 4 aromatic rings. The van der Waals surface area contributed by atoms with Gasteiger partial charge >= 0.3 is 11.9 Å². The van der Waals surface area contributed by atoms with Gasteiger partial charge in [-0.25, -0.2) is 28.3 Å². The second-order valence-corrected chi connectivity index (χ2v) is 12.3. The van der Waals surface area contributed by atoms with E-state index in [9.17, 15) is 18.4 Å². The van der Waals surface area contributed by atoms with Crippen LogP contribution < -0.4 is 20.1 Å². The summed E-state index contributed by atoms with van der Waals surface area (Å²) >= 11 is 0. The van der Waals surface area contributed by atoms with Crippen molar-refractivity contribution in [1.29, 1.82) is 0 Å². The van der Waals surface area contributed by atoms with Crippen molar-refractivity contribution < 1.29 is 37.3 Å². The van der Waals surface area contributed by atoms with Crippen molar-refractivity contribution in [2.45, 2.75) is 52.6 Å². The summed E-state index contributed by atoms with van der Waals surface area (Å²) in [5.74, 6) is -0.967. The van der Waals surface area contributed by atoms with Gasteiger partial charge < -0.3 is 18.9 Å². The molecule has 0 radical (unpaired) electrons. The molecule has 0 fully saturated rings. The second-order valence-electron chi connectivity index (χ2n) is 11.0. The molecule has 2 aliphatic rings. The first-order valence-electron chi connectivity index (χ1n) is 15.4. The zero-order valence-electron chi connectivity index (χ0n) is 26.4. The van der Waals surface area contributed by atoms with Crippen molar-refractivity contribution in [1.82, 2.24) is 9.97 Å². The largest absolute Gasteiger partial charge is 0.477 e. The Morgan fingerprint density at radius 2 is 1.30 bits per heavy atom. The van der Waals surface area contributed by atoms with Gasteiger partial charge in [0.1, 0.15) is 11.6 Å². The number of esters is 2. The molecule has 2 aromatic heterocycles. The van der Waals surface area contributed by atoms with E-state index in [-0.39, 0.29) is 42.3 Å². The van der Waals surface area contributed by atoms with Crippen LogP contribution in [-0.4, -0.2) is 47.8 Å². The molecule has 3 atom stereocenters. The summed E-state index contributed by atoms with van der Waals surface area (Å²) in [7, 11) is 4.93. The molecule has 2 aromatic carbocycles. The summed E-state index contributed by atoms with van der Waals surface area (Å²) in [5, 5.41) is 1.52. The summed E-state index contributed by atoms with van der Waals surface area (Å²) in [5.41, 5.74) is 4.08. The van der Waals surface area contributed by atoms with Crippen molar-refractivity contribution in [3.05, 3.63) is 82.7 Å². The quantitative estimate of drug-likeness (QED) is 0.176. The first kappa shape index (κ1) is 34.3. The monoisotopic (exact) mass is 680 g/mol. The average Bonchev–Trinajstić information content (AvgIpc) is 3.04. The molecule has 8 nitrogen and oxygen atoms in total. The highest BCUT2D eigenvalue weighted by Gasteiger charge is 2.26. The smallest absolute Gasteiger partial charge is 0.357 e. The molecule has 246 valence electrons. The highest BCUT2D eigenvalue weighted by Crippen LogP contribution is 2.37. The standard InChI is InChI=1S/C18H19FNO3P.C17H17FNO3P/c1-3-22-18(21)16-9-14(12-7-5-11(24)8-15(12)19)13-6-4-10(2)23-17(13)20-16;1-2-21-17(20)15-9-13(11-6-5-10(23)8-14(11)18)12-4-3-7-22-16(12)19-15/h5,7-10H,3-4,6,24H2,1-2H3;5-6,8-9H,2-4,7,23H2,1H3. The Labute approximate surface area is 277 Å². The van der Waals surface area contributed by atoms with Crippen molar-refractivity contribution in [3.63, 3.8) is 0 Å². The summed E-state index contributed by atoms with van der Waals surface area (Å²) in [6, 6.07) is 13.1. The Kier molecular flexibility index (Phi) is 11.2. The van der Waals surface area contributed by atoms with Crippen LogP contribution in [0.5, 0.6) is 11.8 Å². The van der Waals surface area contributed by atoms with E-state index in [1.807, 2.05) is 19.1 Å². The van der Waals surface area contributed by atoms with Gasteiger partial charge in [-0.15, -0.1) is 18.5 Å². The van der Waals surface area contributed by atoms with E-state index in [4.69, 9.17) is 18.9 Å². The molecule has 2 aliphatic heterocycles. The van der Waals surface area contributed by atoms with Gasteiger partial charge in [0.05, 0.1) is 25.9 Å². The molecule has 0 aliphatic carbocycles. The molecule has 12 heteroatoms. The minimum Gasteiger partial charge on any atom is -0.477 e. The van der Waals surface area contributed by atoms with Crippen molar-refractivity contribution >= 4 is 41.0 Å².